The van der Waals surface area contributed by atoms with Gasteiger partial charge in [-0.15, -0.1) is 0 Å². The molecule has 1 aliphatic carbocycles. The summed E-state index contributed by atoms with van der Waals surface area (Å²) >= 11 is 0. The zero-order valence-corrected chi connectivity index (χ0v) is 10.7. The fourth-order valence-electron chi connectivity index (χ4n) is 2.14. The number of urea groups is 1. The second kappa shape index (κ2) is 5.26. The molecule has 3 rings (SSSR count). The van der Waals surface area contributed by atoms with Crippen LogP contribution in [0, 0.1) is 0 Å². The van der Waals surface area contributed by atoms with Crippen LogP contribution in [0.25, 0.3) is 10.9 Å². The quantitative estimate of drug-likeness (QED) is 0.880. The topological polar surface area (TPSA) is 54.0 Å². The molecule has 98 valence electrons. The first-order chi connectivity index (χ1) is 9.33. The van der Waals surface area contributed by atoms with Crippen LogP contribution < -0.4 is 10.6 Å². The second-order valence-corrected chi connectivity index (χ2v) is 4.92. The highest BCUT2D eigenvalue weighted by atomic mass is 16.2. The van der Waals surface area contributed by atoms with Crippen LogP contribution in [0.4, 0.5) is 4.79 Å². The van der Waals surface area contributed by atoms with Crippen LogP contribution in [-0.2, 0) is 6.42 Å². The first kappa shape index (κ1) is 12.0. The van der Waals surface area contributed by atoms with Gasteiger partial charge in [-0.1, -0.05) is 24.3 Å². The molecule has 0 unspecified atom stereocenters. The highest BCUT2D eigenvalue weighted by Crippen LogP contribution is 2.18. The number of benzene rings is 1. The SMILES string of the molecule is O=C(NCCc1cccc2cccnc12)NC1CC1. The predicted octanol–water partition coefficient (Wildman–Crippen LogP) is 2.24. The maximum Gasteiger partial charge on any atom is 0.315 e. The molecule has 1 heterocycles. The summed E-state index contributed by atoms with van der Waals surface area (Å²) in [6.45, 7) is 0.633. The average Bonchev–Trinajstić information content (AvgIpc) is 3.23. The van der Waals surface area contributed by atoms with Gasteiger partial charge >= 0.3 is 6.03 Å². The van der Waals surface area contributed by atoms with E-state index in [1.54, 1.807) is 6.20 Å². The van der Waals surface area contributed by atoms with Crippen molar-refractivity contribution in [2.24, 2.45) is 0 Å². The Bertz CT molecular complexity index is 587. The first-order valence-corrected chi connectivity index (χ1v) is 6.70. The van der Waals surface area contributed by atoms with Crippen molar-refractivity contribution in [1.82, 2.24) is 15.6 Å². The smallest absolute Gasteiger partial charge is 0.315 e. The number of carbonyl (C=O) groups excluding carboxylic acids is 1. The number of aromatic nitrogens is 1. The molecule has 0 bridgehead atoms. The van der Waals surface area contributed by atoms with Crippen LogP contribution >= 0.6 is 0 Å². The van der Waals surface area contributed by atoms with Gasteiger partial charge in [0.1, 0.15) is 0 Å². The Labute approximate surface area is 112 Å². The molecular weight excluding hydrogens is 238 g/mol. The van der Waals surface area contributed by atoms with Crippen molar-refractivity contribution < 1.29 is 4.79 Å². The lowest BCUT2D eigenvalue weighted by Gasteiger charge is -2.08. The number of nitrogens with zero attached hydrogens (tertiary/aromatic N) is 1. The molecule has 0 atom stereocenters. The van der Waals surface area contributed by atoms with E-state index in [0.717, 1.165) is 30.2 Å². The fraction of sp³-hybridized carbons (Fsp3) is 0.333. The van der Waals surface area contributed by atoms with Gasteiger partial charge < -0.3 is 10.6 Å². The molecule has 4 nitrogen and oxygen atoms in total. The van der Waals surface area contributed by atoms with Gasteiger partial charge in [0.25, 0.3) is 0 Å². The minimum absolute atomic E-state index is 0.0595. The highest BCUT2D eigenvalue weighted by Gasteiger charge is 2.22. The van der Waals surface area contributed by atoms with Gasteiger partial charge in [-0.25, -0.2) is 4.79 Å². The lowest BCUT2D eigenvalue weighted by atomic mass is 10.1. The van der Waals surface area contributed by atoms with E-state index in [1.807, 2.05) is 12.1 Å². The summed E-state index contributed by atoms with van der Waals surface area (Å²) < 4.78 is 0. The van der Waals surface area contributed by atoms with Gasteiger partial charge in [0.2, 0.25) is 0 Å². The molecule has 1 saturated carbocycles. The van der Waals surface area contributed by atoms with Crippen molar-refractivity contribution in [3.63, 3.8) is 0 Å². The number of amides is 2. The van der Waals surface area contributed by atoms with E-state index in [2.05, 4.69) is 33.8 Å². The second-order valence-electron chi connectivity index (χ2n) is 4.92. The van der Waals surface area contributed by atoms with Gasteiger partial charge in [0.05, 0.1) is 5.52 Å². The number of hydrogen-bond acceptors (Lipinski definition) is 2. The summed E-state index contributed by atoms with van der Waals surface area (Å²) in [5.41, 5.74) is 2.19. The number of nitrogens with one attached hydrogen (secondary N) is 2. The van der Waals surface area contributed by atoms with E-state index in [0.29, 0.717) is 12.6 Å². The minimum Gasteiger partial charge on any atom is -0.338 e. The summed E-state index contributed by atoms with van der Waals surface area (Å²) in [6, 6.07) is 10.5. The number of pyridine rings is 1. The van der Waals surface area contributed by atoms with Gasteiger partial charge in [-0.3, -0.25) is 4.98 Å². The summed E-state index contributed by atoms with van der Waals surface area (Å²) in [6.07, 6.45) is 4.83. The van der Waals surface area contributed by atoms with Crippen LogP contribution in [0.15, 0.2) is 36.5 Å². The third kappa shape index (κ3) is 3.02. The zero-order valence-electron chi connectivity index (χ0n) is 10.7. The monoisotopic (exact) mass is 255 g/mol. The Balaban J connectivity index is 1.60. The Morgan fingerprint density at radius 3 is 2.95 bits per heavy atom. The lowest BCUT2D eigenvalue weighted by molar-refractivity contribution is 0.240. The van der Waals surface area contributed by atoms with Crippen molar-refractivity contribution in [2.75, 3.05) is 6.54 Å². The molecule has 1 aromatic heterocycles. The van der Waals surface area contributed by atoms with Crippen LogP contribution in [0.2, 0.25) is 0 Å². The standard InChI is InChI=1S/C15H17N3O/c19-15(18-13-6-7-13)17-10-8-12-4-1-3-11-5-2-9-16-14(11)12/h1-5,9,13H,6-8,10H2,(H2,17,18,19). The van der Waals surface area contributed by atoms with Crippen molar-refractivity contribution in [3.05, 3.63) is 42.1 Å². The van der Waals surface area contributed by atoms with Gasteiger partial charge in [0.15, 0.2) is 0 Å². The van der Waals surface area contributed by atoms with E-state index in [4.69, 9.17) is 0 Å². The summed E-state index contributed by atoms with van der Waals surface area (Å²) in [7, 11) is 0. The maximum atomic E-state index is 11.5. The fourth-order valence-corrected chi connectivity index (χ4v) is 2.14. The Morgan fingerprint density at radius 2 is 2.11 bits per heavy atom. The van der Waals surface area contributed by atoms with Crippen LogP contribution in [-0.4, -0.2) is 23.6 Å². The molecule has 0 spiro atoms. The van der Waals surface area contributed by atoms with Crippen molar-refractivity contribution >= 4 is 16.9 Å². The van der Waals surface area contributed by atoms with Crippen molar-refractivity contribution in [1.29, 1.82) is 0 Å². The molecule has 2 aromatic rings. The van der Waals surface area contributed by atoms with E-state index in [-0.39, 0.29) is 6.03 Å². The lowest BCUT2D eigenvalue weighted by Crippen LogP contribution is -2.37. The van der Waals surface area contributed by atoms with Crippen LogP contribution in [0.5, 0.6) is 0 Å². The third-order valence-corrected chi connectivity index (χ3v) is 3.31. The number of carbonyl (C=O) groups is 1. The van der Waals surface area contributed by atoms with Crippen molar-refractivity contribution in [3.8, 4) is 0 Å². The average molecular weight is 255 g/mol. The maximum absolute atomic E-state index is 11.5. The number of fused-ring (bicyclic) bond motifs is 1. The van der Waals surface area contributed by atoms with E-state index < -0.39 is 0 Å². The number of para-hydroxylation sites is 1. The van der Waals surface area contributed by atoms with Gasteiger partial charge in [-0.05, 0) is 30.9 Å². The Hall–Kier alpha value is -2.10. The van der Waals surface area contributed by atoms with Crippen LogP contribution in [0.3, 0.4) is 0 Å². The van der Waals surface area contributed by atoms with Crippen molar-refractivity contribution in [2.45, 2.75) is 25.3 Å². The van der Waals surface area contributed by atoms with Gasteiger partial charge in [0, 0.05) is 24.2 Å². The third-order valence-electron chi connectivity index (χ3n) is 3.31. The van der Waals surface area contributed by atoms with E-state index >= 15 is 0 Å². The Morgan fingerprint density at radius 1 is 1.26 bits per heavy atom. The van der Waals surface area contributed by atoms with Crippen LogP contribution in [0.1, 0.15) is 18.4 Å². The van der Waals surface area contributed by atoms with E-state index in [9.17, 15) is 4.79 Å². The highest BCUT2D eigenvalue weighted by molar-refractivity contribution is 5.81. The van der Waals surface area contributed by atoms with Gasteiger partial charge in [-0.2, -0.15) is 0 Å². The molecule has 1 aromatic carbocycles. The number of rotatable bonds is 4. The Kier molecular flexibility index (Phi) is 3.31. The summed E-state index contributed by atoms with van der Waals surface area (Å²) in [4.78, 5) is 15.9. The normalized spacial score (nSPS) is 14.3. The zero-order chi connectivity index (χ0) is 13.1. The predicted molar refractivity (Wildman–Crippen MR) is 75.0 cm³/mol. The van der Waals surface area contributed by atoms with E-state index in [1.165, 1.54) is 5.56 Å². The molecular formula is C15H17N3O. The largest absolute Gasteiger partial charge is 0.338 e. The molecule has 1 aliphatic rings. The molecule has 19 heavy (non-hydrogen) atoms. The molecule has 2 amide bonds. The summed E-state index contributed by atoms with van der Waals surface area (Å²) in [5, 5.41) is 6.94. The summed E-state index contributed by atoms with van der Waals surface area (Å²) in [5.74, 6) is 0. The first-order valence-electron chi connectivity index (χ1n) is 6.70. The molecule has 2 N–H and O–H groups in total. The molecule has 0 saturated heterocycles. The molecule has 0 radical (unpaired) electrons. The minimum atomic E-state index is -0.0595. The molecule has 1 fully saturated rings. The number of hydrogen-bond donors (Lipinski definition) is 2. The molecule has 0 aliphatic heterocycles. The molecule has 4 heteroatoms.